The van der Waals surface area contributed by atoms with E-state index < -0.39 is 0 Å². The van der Waals surface area contributed by atoms with Gasteiger partial charge in [0.1, 0.15) is 5.15 Å². The molecule has 1 nitrogen and oxygen atoms in total. The van der Waals surface area contributed by atoms with Gasteiger partial charge in [0, 0.05) is 6.20 Å². The summed E-state index contributed by atoms with van der Waals surface area (Å²) < 4.78 is 0. The molecular weight excluding hydrogens is 146 g/mol. The van der Waals surface area contributed by atoms with Gasteiger partial charge in [-0.3, -0.25) is 0 Å². The van der Waals surface area contributed by atoms with E-state index in [0.29, 0.717) is 5.15 Å². The van der Waals surface area contributed by atoms with Crippen LogP contribution in [0.15, 0.2) is 18.3 Å². The van der Waals surface area contributed by atoms with Gasteiger partial charge in [-0.05, 0) is 30.5 Å². The molecule has 0 saturated heterocycles. The monoisotopic (exact) mass is 154 g/mol. The lowest BCUT2D eigenvalue weighted by Crippen LogP contribution is -1.83. The number of hydrogen-bond acceptors (Lipinski definition) is 1. The maximum atomic E-state index is 5.65. The van der Waals surface area contributed by atoms with E-state index in [0.717, 1.165) is 12.8 Å². The number of aromatic nitrogens is 1. The van der Waals surface area contributed by atoms with E-state index in [-0.39, 0.29) is 0 Å². The number of rotatable bonds is 2. The maximum Gasteiger partial charge on any atom is 0.129 e. The van der Waals surface area contributed by atoms with Crippen LogP contribution < -0.4 is 0 Å². The van der Waals surface area contributed by atoms with Gasteiger partial charge in [-0.25, -0.2) is 4.98 Å². The summed E-state index contributed by atoms with van der Waals surface area (Å²) in [5.41, 5.74) is 1.20. The maximum absolute atomic E-state index is 5.65. The first-order valence-corrected chi connectivity index (χ1v) is 3.60. The van der Waals surface area contributed by atoms with Gasteiger partial charge in [0.05, 0.1) is 0 Å². The van der Waals surface area contributed by atoms with Crippen LogP contribution >= 0.6 is 11.6 Å². The molecule has 0 fully saturated rings. The predicted molar refractivity (Wildman–Crippen MR) is 42.9 cm³/mol. The number of hydrogen-bond donors (Lipinski definition) is 0. The molecule has 1 heterocycles. The zero-order valence-electron chi connectivity index (χ0n) is 5.68. The summed E-state index contributed by atoms with van der Waals surface area (Å²) in [6.07, 6.45) is 3.59. The molecule has 1 rings (SSSR count). The molecule has 0 amide bonds. The highest BCUT2D eigenvalue weighted by atomic mass is 35.5. The third kappa shape index (κ3) is 1.99. The highest BCUT2D eigenvalue weighted by Gasteiger charge is 1.91. The first kappa shape index (κ1) is 7.55. The third-order valence-corrected chi connectivity index (χ3v) is 1.46. The Bertz CT molecular complexity index is 210. The second-order valence-electron chi connectivity index (χ2n) is 2.09. The van der Waals surface area contributed by atoms with Crippen molar-refractivity contribution in [3.05, 3.63) is 36.0 Å². The summed E-state index contributed by atoms with van der Waals surface area (Å²) in [6, 6.07) is 3.82. The van der Waals surface area contributed by atoms with Crippen LogP contribution in [-0.2, 0) is 6.42 Å². The Kier molecular flexibility index (Phi) is 2.69. The fraction of sp³-hybridized carbons (Fsp3) is 0.250. The normalized spacial score (nSPS) is 9.80. The van der Waals surface area contributed by atoms with Gasteiger partial charge in [0.15, 0.2) is 0 Å². The van der Waals surface area contributed by atoms with Gasteiger partial charge in [0.25, 0.3) is 0 Å². The Morgan fingerprint density at radius 1 is 1.60 bits per heavy atom. The fourth-order valence-electron chi connectivity index (χ4n) is 0.802. The first-order valence-electron chi connectivity index (χ1n) is 3.22. The van der Waals surface area contributed by atoms with Crippen molar-refractivity contribution in [1.82, 2.24) is 4.98 Å². The molecule has 1 radical (unpaired) electrons. The standard InChI is InChI=1S/C8H9ClN/c1-2-3-7-4-5-10-8(9)6-7/h4-6H,1-3H2. The summed E-state index contributed by atoms with van der Waals surface area (Å²) in [5.74, 6) is 0. The Morgan fingerprint density at radius 2 is 2.40 bits per heavy atom. The van der Waals surface area contributed by atoms with Crippen molar-refractivity contribution in [3.8, 4) is 0 Å². The fourth-order valence-corrected chi connectivity index (χ4v) is 0.999. The molecule has 0 spiro atoms. The molecular formula is C8H9ClN. The van der Waals surface area contributed by atoms with E-state index in [2.05, 4.69) is 11.9 Å². The topological polar surface area (TPSA) is 12.9 Å². The van der Waals surface area contributed by atoms with E-state index in [1.807, 2.05) is 12.1 Å². The zero-order chi connectivity index (χ0) is 7.40. The molecule has 2 heteroatoms. The molecule has 0 saturated carbocycles. The molecule has 0 aliphatic heterocycles. The molecule has 0 atom stereocenters. The van der Waals surface area contributed by atoms with Crippen molar-refractivity contribution in [2.75, 3.05) is 0 Å². The van der Waals surface area contributed by atoms with Gasteiger partial charge in [-0.1, -0.05) is 18.5 Å². The minimum Gasteiger partial charge on any atom is -0.245 e. The van der Waals surface area contributed by atoms with Gasteiger partial charge in [0.2, 0.25) is 0 Å². The van der Waals surface area contributed by atoms with Crippen LogP contribution in [0.1, 0.15) is 12.0 Å². The van der Waals surface area contributed by atoms with Crippen LogP contribution in [0.5, 0.6) is 0 Å². The van der Waals surface area contributed by atoms with E-state index in [4.69, 9.17) is 11.6 Å². The Balaban J connectivity index is 2.75. The van der Waals surface area contributed by atoms with Crippen LogP contribution in [0, 0.1) is 6.92 Å². The van der Waals surface area contributed by atoms with E-state index >= 15 is 0 Å². The van der Waals surface area contributed by atoms with Crippen LogP contribution in [-0.4, -0.2) is 4.98 Å². The van der Waals surface area contributed by atoms with E-state index in [1.165, 1.54) is 5.56 Å². The molecule has 0 aliphatic rings. The highest BCUT2D eigenvalue weighted by Crippen LogP contribution is 2.08. The van der Waals surface area contributed by atoms with Crippen LogP contribution in [0.2, 0.25) is 5.15 Å². The van der Waals surface area contributed by atoms with Gasteiger partial charge < -0.3 is 0 Å². The number of pyridine rings is 1. The Morgan fingerprint density at radius 3 is 3.00 bits per heavy atom. The molecule has 53 valence electrons. The molecule has 0 aliphatic carbocycles. The van der Waals surface area contributed by atoms with Crippen molar-refractivity contribution in [2.24, 2.45) is 0 Å². The molecule has 0 bridgehead atoms. The Hall–Kier alpha value is -0.560. The summed E-state index contributed by atoms with van der Waals surface area (Å²) in [5, 5.41) is 0.561. The first-order chi connectivity index (χ1) is 4.83. The van der Waals surface area contributed by atoms with Gasteiger partial charge in [-0.15, -0.1) is 0 Å². The lowest BCUT2D eigenvalue weighted by atomic mass is 10.2. The predicted octanol–water partition coefficient (Wildman–Crippen LogP) is 2.50. The van der Waals surface area contributed by atoms with Crippen molar-refractivity contribution in [1.29, 1.82) is 0 Å². The lowest BCUT2D eigenvalue weighted by molar-refractivity contribution is 0.993. The molecule has 1 aromatic rings. The van der Waals surface area contributed by atoms with Crippen molar-refractivity contribution < 1.29 is 0 Å². The summed E-state index contributed by atoms with van der Waals surface area (Å²) in [7, 11) is 0. The highest BCUT2D eigenvalue weighted by molar-refractivity contribution is 6.29. The molecule has 10 heavy (non-hydrogen) atoms. The van der Waals surface area contributed by atoms with Crippen LogP contribution in [0.3, 0.4) is 0 Å². The van der Waals surface area contributed by atoms with Crippen molar-refractivity contribution >= 4 is 11.6 Å². The Labute approximate surface area is 66.0 Å². The smallest absolute Gasteiger partial charge is 0.129 e. The molecule has 1 aromatic heterocycles. The minimum absolute atomic E-state index is 0.561. The van der Waals surface area contributed by atoms with E-state index in [9.17, 15) is 0 Å². The molecule has 0 N–H and O–H groups in total. The van der Waals surface area contributed by atoms with E-state index in [1.54, 1.807) is 6.20 Å². The zero-order valence-corrected chi connectivity index (χ0v) is 6.43. The van der Waals surface area contributed by atoms with Crippen LogP contribution in [0.4, 0.5) is 0 Å². The van der Waals surface area contributed by atoms with Crippen molar-refractivity contribution in [3.63, 3.8) is 0 Å². The lowest BCUT2D eigenvalue weighted by Gasteiger charge is -1.95. The summed E-state index contributed by atoms with van der Waals surface area (Å²) in [6.45, 7) is 3.75. The molecule has 0 aromatic carbocycles. The summed E-state index contributed by atoms with van der Waals surface area (Å²) in [4.78, 5) is 3.87. The number of nitrogens with zero attached hydrogens (tertiary/aromatic N) is 1. The van der Waals surface area contributed by atoms with Gasteiger partial charge in [-0.2, -0.15) is 0 Å². The average Bonchev–Trinajstić information content (AvgIpc) is 1.88. The largest absolute Gasteiger partial charge is 0.245 e. The van der Waals surface area contributed by atoms with Crippen molar-refractivity contribution in [2.45, 2.75) is 12.8 Å². The number of halogens is 1. The van der Waals surface area contributed by atoms with Gasteiger partial charge >= 0.3 is 0 Å². The quantitative estimate of drug-likeness (QED) is 0.597. The summed E-state index contributed by atoms with van der Waals surface area (Å²) >= 11 is 5.65. The average molecular weight is 155 g/mol. The minimum atomic E-state index is 0.561. The second-order valence-corrected chi connectivity index (χ2v) is 2.48. The SMILES string of the molecule is [CH2]CCc1ccnc(Cl)c1. The third-order valence-electron chi connectivity index (χ3n) is 1.26. The number of aryl methyl sites for hydroxylation is 1. The van der Waals surface area contributed by atoms with Crippen LogP contribution in [0.25, 0.3) is 0 Å². The molecule has 0 unspecified atom stereocenters. The second kappa shape index (κ2) is 3.57.